The summed E-state index contributed by atoms with van der Waals surface area (Å²) in [5, 5.41) is 16.9. The maximum atomic E-state index is 14.6. The van der Waals surface area contributed by atoms with Crippen LogP contribution in [0.5, 0.6) is 5.75 Å². The molecule has 3 aliphatic heterocycles. The number of halogens is 2. The maximum absolute atomic E-state index is 14.6. The molecule has 3 amide bonds. The highest BCUT2D eigenvalue weighted by Crippen LogP contribution is 2.61. The van der Waals surface area contributed by atoms with Crippen molar-refractivity contribution in [1.29, 1.82) is 0 Å². The number of nitrogens with one attached hydrogen (secondary N) is 2. The van der Waals surface area contributed by atoms with E-state index in [-0.39, 0.29) is 10.7 Å². The molecule has 3 aromatic rings. The van der Waals surface area contributed by atoms with Gasteiger partial charge >= 0.3 is 0 Å². The van der Waals surface area contributed by atoms with E-state index in [9.17, 15) is 19.5 Å². The standard InChI is InChI=1S/C33H33BrClN3O6/c1-3-43-21-14-12-20(13-15-21)36-30(40)25-26-32(42)38(24(17-39)19-9-5-4-6-10-19)29(33(26)16-22(34)28(25)44-33)31(41)37-27-18(2)8-7-11-23(27)35/h4-15,22,24-26,28-29,39H,3,16-17H2,1-2H3,(H,36,40)(H,37,41)/t22?,24-,25-,26+,28-,29?,33?/m1/s1. The summed E-state index contributed by atoms with van der Waals surface area (Å²) in [6, 6.07) is 19.3. The lowest BCUT2D eigenvalue weighted by Crippen LogP contribution is -2.55. The highest BCUT2D eigenvalue weighted by atomic mass is 79.9. The van der Waals surface area contributed by atoms with Gasteiger partial charge in [0, 0.05) is 10.5 Å². The first kappa shape index (κ1) is 30.6. The predicted octanol–water partition coefficient (Wildman–Crippen LogP) is 5.11. The molecule has 3 unspecified atom stereocenters. The zero-order chi connectivity index (χ0) is 31.2. The first-order chi connectivity index (χ1) is 21.2. The average molecular weight is 683 g/mol. The zero-order valence-electron chi connectivity index (χ0n) is 24.2. The van der Waals surface area contributed by atoms with Gasteiger partial charge in [-0.3, -0.25) is 14.4 Å². The number of benzene rings is 3. The lowest BCUT2D eigenvalue weighted by Gasteiger charge is -2.37. The van der Waals surface area contributed by atoms with Crippen LogP contribution in [0.2, 0.25) is 5.02 Å². The fourth-order valence-electron chi connectivity index (χ4n) is 7.04. The number of hydrogen-bond acceptors (Lipinski definition) is 6. The Morgan fingerprint density at radius 2 is 1.82 bits per heavy atom. The van der Waals surface area contributed by atoms with E-state index in [1.165, 1.54) is 4.90 Å². The van der Waals surface area contributed by atoms with Crippen LogP contribution in [0, 0.1) is 18.8 Å². The molecule has 1 spiro atoms. The molecule has 44 heavy (non-hydrogen) atoms. The number of aryl methyl sites for hydroxylation is 1. The highest BCUT2D eigenvalue weighted by Gasteiger charge is 2.77. The van der Waals surface area contributed by atoms with Gasteiger partial charge in [-0.25, -0.2) is 0 Å². The second-order valence-corrected chi connectivity index (χ2v) is 13.0. The number of rotatable bonds is 9. The normalized spacial score (nSPS) is 27.6. The summed E-state index contributed by atoms with van der Waals surface area (Å²) in [5.41, 5.74) is 1.06. The first-order valence-corrected chi connectivity index (χ1v) is 15.9. The van der Waals surface area contributed by atoms with Crippen molar-refractivity contribution in [3.63, 3.8) is 0 Å². The lowest BCUT2D eigenvalue weighted by atomic mass is 9.70. The molecule has 0 radical (unpaired) electrons. The molecule has 0 aromatic heterocycles. The molecule has 0 saturated carbocycles. The van der Waals surface area contributed by atoms with Crippen LogP contribution < -0.4 is 15.4 Å². The predicted molar refractivity (Wildman–Crippen MR) is 170 cm³/mol. The fourth-order valence-corrected chi connectivity index (χ4v) is 8.25. The van der Waals surface area contributed by atoms with Gasteiger partial charge in [0.25, 0.3) is 0 Å². The SMILES string of the molecule is CCOc1ccc(NC(=O)[C@H]2[C@@H]3OC4(CC3Br)C(C(=O)Nc3c(C)cccc3Cl)N([C@H](CO)c3ccccc3)C(=O)[C@H]24)cc1. The Hall–Kier alpha value is -3.44. The molecule has 3 aromatic carbocycles. The van der Waals surface area contributed by atoms with E-state index in [0.29, 0.717) is 40.7 Å². The summed E-state index contributed by atoms with van der Waals surface area (Å²) >= 11 is 10.2. The second-order valence-electron chi connectivity index (χ2n) is 11.4. The highest BCUT2D eigenvalue weighted by molar-refractivity contribution is 9.09. The summed E-state index contributed by atoms with van der Waals surface area (Å²) in [5.74, 6) is -2.47. The number of aliphatic hydroxyl groups is 1. The molecule has 11 heteroatoms. The minimum absolute atomic E-state index is 0.288. The first-order valence-electron chi connectivity index (χ1n) is 14.6. The number of likely N-dealkylation sites (tertiary alicyclic amines) is 1. The van der Waals surface area contributed by atoms with Crippen LogP contribution in [-0.2, 0) is 19.1 Å². The molecular formula is C33H33BrClN3O6. The molecule has 3 heterocycles. The monoisotopic (exact) mass is 681 g/mol. The fraction of sp³-hybridized carbons (Fsp3) is 0.364. The van der Waals surface area contributed by atoms with Crippen molar-refractivity contribution in [3.8, 4) is 5.75 Å². The van der Waals surface area contributed by atoms with Crippen molar-refractivity contribution in [2.24, 2.45) is 11.8 Å². The van der Waals surface area contributed by atoms with Gasteiger partial charge in [-0.2, -0.15) is 0 Å². The smallest absolute Gasteiger partial charge is 0.250 e. The lowest BCUT2D eigenvalue weighted by molar-refractivity contribution is -0.143. The Kier molecular flexibility index (Phi) is 8.45. The third kappa shape index (κ3) is 5.07. The van der Waals surface area contributed by atoms with Crippen molar-refractivity contribution in [2.75, 3.05) is 23.8 Å². The third-order valence-electron chi connectivity index (χ3n) is 8.87. The van der Waals surface area contributed by atoms with Crippen molar-refractivity contribution < 1.29 is 29.0 Å². The van der Waals surface area contributed by atoms with Gasteiger partial charge in [0.15, 0.2) is 0 Å². The van der Waals surface area contributed by atoms with E-state index in [1.54, 1.807) is 48.5 Å². The van der Waals surface area contributed by atoms with E-state index in [1.807, 2.05) is 38.1 Å². The number of carbonyl (C=O) groups excluding carboxylic acids is 3. The maximum Gasteiger partial charge on any atom is 0.250 e. The number of carbonyl (C=O) groups is 3. The molecule has 2 bridgehead atoms. The number of alkyl halides is 1. The number of hydrogen-bond donors (Lipinski definition) is 3. The largest absolute Gasteiger partial charge is 0.494 e. The third-order valence-corrected chi connectivity index (χ3v) is 10.0. The Morgan fingerprint density at radius 3 is 2.48 bits per heavy atom. The summed E-state index contributed by atoms with van der Waals surface area (Å²) in [4.78, 5) is 44.0. The molecular weight excluding hydrogens is 650 g/mol. The van der Waals surface area contributed by atoms with Crippen molar-refractivity contribution >= 4 is 56.6 Å². The molecule has 3 N–H and O–H groups in total. The number of nitrogens with zero attached hydrogens (tertiary/aromatic N) is 1. The molecule has 230 valence electrons. The average Bonchev–Trinajstić information content (AvgIpc) is 3.61. The number of amides is 3. The van der Waals surface area contributed by atoms with Crippen LogP contribution in [-0.4, -0.2) is 63.5 Å². The molecule has 6 rings (SSSR count). The molecule has 3 fully saturated rings. The molecule has 3 aliphatic rings. The van der Waals surface area contributed by atoms with Gasteiger partial charge in [-0.05, 0) is 61.7 Å². The molecule has 3 saturated heterocycles. The van der Waals surface area contributed by atoms with Gasteiger partial charge in [0.1, 0.15) is 17.4 Å². The van der Waals surface area contributed by atoms with E-state index < -0.39 is 54.0 Å². The number of aliphatic hydroxyl groups excluding tert-OH is 1. The van der Waals surface area contributed by atoms with Gasteiger partial charge in [0.2, 0.25) is 17.7 Å². The van der Waals surface area contributed by atoms with Gasteiger partial charge < -0.3 is 30.1 Å². The Morgan fingerprint density at radius 1 is 1.09 bits per heavy atom. The Labute approximate surface area is 269 Å². The summed E-state index contributed by atoms with van der Waals surface area (Å²) in [7, 11) is 0. The molecule has 0 aliphatic carbocycles. The van der Waals surface area contributed by atoms with Crippen molar-refractivity contribution in [2.45, 2.75) is 48.9 Å². The van der Waals surface area contributed by atoms with Crippen molar-refractivity contribution in [1.82, 2.24) is 4.90 Å². The zero-order valence-corrected chi connectivity index (χ0v) is 26.5. The summed E-state index contributed by atoms with van der Waals surface area (Å²) in [6.45, 7) is 3.80. The summed E-state index contributed by atoms with van der Waals surface area (Å²) in [6.07, 6.45) is -0.320. The Bertz CT molecular complexity index is 1550. The van der Waals surface area contributed by atoms with Crippen LogP contribution in [0.4, 0.5) is 11.4 Å². The van der Waals surface area contributed by atoms with Gasteiger partial charge in [-0.1, -0.05) is 70.0 Å². The van der Waals surface area contributed by atoms with E-state index in [2.05, 4.69) is 26.6 Å². The molecule has 7 atom stereocenters. The number of anilines is 2. The van der Waals surface area contributed by atoms with Crippen LogP contribution in [0.15, 0.2) is 72.8 Å². The number of para-hydroxylation sites is 1. The minimum Gasteiger partial charge on any atom is -0.494 e. The minimum atomic E-state index is -1.32. The van der Waals surface area contributed by atoms with Crippen LogP contribution in [0.3, 0.4) is 0 Å². The van der Waals surface area contributed by atoms with E-state index >= 15 is 0 Å². The van der Waals surface area contributed by atoms with Gasteiger partial charge in [-0.15, -0.1) is 0 Å². The van der Waals surface area contributed by atoms with Gasteiger partial charge in [0.05, 0.1) is 47.9 Å². The molecule has 9 nitrogen and oxygen atoms in total. The van der Waals surface area contributed by atoms with E-state index in [0.717, 1.165) is 5.56 Å². The summed E-state index contributed by atoms with van der Waals surface area (Å²) < 4.78 is 12.1. The van der Waals surface area contributed by atoms with E-state index in [4.69, 9.17) is 21.1 Å². The number of fused-ring (bicyclic) bond motifs is 1. The topological polar surface area (TPSA) is 117 Å². The van der Waals surface area contributed by atoms with Crippen molar-refractivity contribution in [3.05, 3.63) is 88.9 Å². The van der Waals surface area contributed by atoms with Crippen LogP contribution in [0.1, 0.15) is 30.5 Å². The quantitative estimate of drug-likeness (QED) is 0.271. The Balaban J connectivity index is 1.40. The van der Waals surface area contributed by atoms with Crippen LogP contribution >= 0.6 is 27.5 Å². The van der Waals surface area contributed by atoms with Crippen LogP contribution in [0.25, 0.3) is 0 Å². The second kappa shape index (κ2) is 12.2. The number of ether oxygens (including phenoxy) is 2.